The minimum atomic E-state index is -0.865. The smallest absolute Gasteiger partial charge is 0.305 e. The lowest BCUT2D eigenvalue weighted by molar-refractivity contribution is -0.141. The number of H-pyrrole nitrogens is 1. The lowest BCUT2D eigenvalue weighted by Gasteiger charge is -2.43. The number of amides is 3. The Morgan fingerprint density at radius 1 is 1.04 bits per heavy atom. The molecule has 7 rings (SSSR count). The maximum atomic E-state index is 13.8. The van der Waals surface area contributed by atoms with Crippen molar-refractivity contribution in [3.8, 4) is 5.75 Å². The number of fused-ring (bicyclic) bond motifs is 9. The Balaban J connectivity index is 1.16. The maximum Gasteiger partial charge on any atom is 0.305 e. The number of likely N-dealkylation sites (tertiary alicyclic amines) is 1. The number of ether oxygens (including phenoxy) is 1. The molecule has 2 bridgehead atoms. The van der Waals surface area contributed by atoms with Gasteiger partial charge in [0.1, 0.15) is 11.6 Å². The summed E-state index contributed by atoms with van der Waals surface area (Å²) in [5.74, 6) is -3.12. The van der Waals surface area contributed by atoms with Crippen molar-refractivity contribution in [1.29, 1.82) is 0 Å². The van der Waals surface area contributed by atoms with E-state index in [-0.39, 0.29) is 65.2 Å². The number of carboxylic acids is 1. The summed E-state index contributed by atoms with van der Waals surface area (Å²) in [4.78, 5) is 68.8. The fourth-order valence-electron chi connectivity index (χ4n) is 8.14. The van der Waals surface area contributed by atoms with Crippen LogP contribution >= 0.6 is 34.7 Å². The van der Waals surface area contributed by atoms with E-state index in [0.717, 1.165) is 21.2 Å². The van der Waals surface area contributed by atoms with Gasteiger partial charge in [0.2, 0.25) is 11.8 Å². The predicted octanol–water partition coefficient (Wildman–Crippen LogP) is 5.36. The number of nitrogens with zero attached hydrogens (tertiary/aromatic N) is 1. The molecule has 2 aliphatic carbocycles. The van der Waals surface area contributed by atoms with Gasteiger partial charge >= 0.3 is 10.8 Å². The number of carboxylic acid groups (broad SMARTS) is 1. The van der Waals surface area contributed by atoms with Gasteiger partial charge < -0.3 is 20.1 Å². The molecule has 3 fully saturated rings. The van der Waals surface area contributed by atoms with Gasteiger partial charge in [-0.25, -0.2) is 4.39 Å². The van der Waals surface area contributed by atoms with Crippen molar-refractivity contribution in [2.24, 2.45) is 29.6 Å². The summed E-state index contributed by atoms with van der Waals surface area (Å²) in [6.07, 6.45) is 2.43. The third-order valence-corrected chi connectivity index (χ3v) is 12.7. The van der Waals surface area contributed by atoms with E-state index < -0.39 is 29.5 Å². The number of thioether (sulfide) groups is 1. The quantitative estimate of drug-likeness (QED) is 0.179. The number of carbonyl (C=O) groups excluding carboxylic acids is 3. The second-order valence-electron chi connectivity index (χ2n) is 12.5. The molecule has 0 spiro atoms. The Hall–Kier alpha value is -3.68. The maximum absolute atomic E-state index is 13.8. The summed E-state index contributed by atoms with van der Waals surface area (Å²) in [5, 5.41) is 12.8. The Labute approximate surface area is 282 Å². The number of thiazole rings is 1. The van der Waals surface area contributed by atoms with Crippen LogP contribution in [0.25, 0.3) is 0 Å². The number of unbranched alkanes of at least 4 members (excludes halogenated alkanes) is 2. The molecule has 3 amide bonds. The number of hydrogen-bond donors (Lipinski definition) is 3. The van der Waals surface area contributed by atoms with E-state index in [4.69, 9.17) is 21.4 Å². The molecule has 2 saturated carbocycles. The number of imide groups is 1. The molecule has 3 N–H and O–H groups in total. The van der Waals surface area contributed by atoms with Gasteiger partial charge in [0.05, 0.1) is 16.9 Å². The van der Waals surface area contributed by atoms with Gasteiger partial charge in [-0.1, -0.05) is 29.4 Å². The lowest BCUT2D eigenvalue weighted by atomic mass is 9.68. The summed E-state index contributed by atoms with van der Waals surface area (Å²) < 4.78 is 19.4. The van der Waals surface area contributed by atoms with Gasteiger partial charge in [-0.15, -0.1) is 11.8 Å². The van der Waals surface area contributed by atoms with Gasteiger partial charge in [0.15, 0.2) is 6.61 Å². The molecule has 0 radical (unpaired) electrons. The van der Waals surface area contributed by atoms with Crippen molar-refractivity contribution in [3.63, 3.8) is 0 Å². The number of hydrogen-bond acceptors (Lipinski definition) is 8. The van der Waals surface area contributed by atoms with Gasteiger partial charge in [-0.05, 0) is 79.5 Å². The minimum Gasteiger partial charge on any atom is -0.483 e. The van der Waals surface area contributed by atoms with Crippen LogP contribution in [0.15, 0.2) is 52.3 Å². The Morgan fingerprint density at radius 3 is 2.53 bits per heavy atom. The molecule has 7 atom stereocenters. The molecule has 47 heavy (non-hydrogen) atoms. The summed E-state index contributed by atoms with van der Waals surface area (Å²) in [6.45, 7) is -0.0501. The first-order valence-electron chi connectivity index (χ1n) is 15.5. The van der Waals surface area contributed by atoms with Gasteiger partial charge in [-0.2, -0.15) is 0 Å². The van der Waals surface area contributed by atoms with Crippen molar-refractivity contribution in [3.05, 3.63) is 73.4 Å². The van der Waals surface area contributed by atoms with Crippen LogP contribution in [0.2, 0.25) is 5.02 Å². The van der Waals surface area contributed by atoms with Crippen molar-refractivity contribution < 1.29 is 33.4 Å². The van der Waals surface area contributed by atoms with Crippen LogP contribution < -0.4 is 14.9 Å². The molecule has 2 aromatic carbocycles. The number of aromatic nitrogens is 1. The highest BCUT2D eigenvalue weighted by Gasteiger charge is 2.69. The van der Waals surface area contributed by atoms with E-state index in [1.54, 1.807) is 30.0 Å². The molecule has 246 valence electrons. The standard InChI is InChI=1S/C33H31ClFN3O7S2/c34-15-5-10-21(45-14-22(39)36-17-8-6-16(35)7-9-17)18(12-15)24-25-19-13-20(28(25)46-30-29(24)47-33(44)37-30)27-26(19)31(42)38(32(27)43)11-3-1-2-4-23(40)41/h5-10,12,19-20,24-28H,1-4,11,13-14H2,(H,36,39)(H,37,44)(H,40,41)/t19?,20?,24-,25?,26?,27?,28?/m1/s1. The molecule has 10 nitrogen and oxygen atoms in total. The monoisotopic (exact) mass is 699 g/mol. The number of aromatic amines is 1. The number of carbonyl (C=O) groups is 4. The van der Waals surface area contributed by atoms with E-state index in [9.17, 15) is 28.4 Å². The van der Waals surface area contributed by atoms with E-state index in [0.29, 0.717) is 47.7 Å². The van der Waals surface area contributed by atoms with E-state index in [1.165, 1.54) is 29.2 Å². The Morgan fingerprint density at radius 2 is 1.79 bits per heavy atom. The first kappa shape index (κ1) is 31.9. The van der Waals surface area contributed by atoms with E-state index in [1.807, 2.05) is 0 Å². The first-order chi connectivity index (χ1) is 22.6. The van der Waals surface area contributed by atoms with E-state index >= 15 is 0 Å². The van der Waals surface area contributed by atoms with Crippen molar-refractivity contribution in [2.45, 2.75) is 48.3 Å². The molecule has 1 aromatic heterocycles. The molecule has 4 aliphatic rings. The van der Waals surface area contributed by atoms with Crippen molar-refractivity contribution in [2.75, 3.05) is 18.5 Å². The van der Waals surface area contributed by atoms with Crippen LogP contribution in [0.3, 0.4) is 0 Å². The largest absolute Gasteiger partial charge is 0.483 e. The van der Waals surface area contributed by atoms with Crippen LogP contribution in [0, 0.1) is 35.4 Å². The summed E-state index contributed by atoms with van der Waals surface area (Å²) in [7, 11) is 0. The number of halogens is 2. The fraction of sp³-hybridized carbons (Fsp3) is 0.424. The number of nitrogens with one attached hydrogen (secondary N) is 2. The predicted molar refractivity (Wildman–Crippen MR) is 173 cm³/mol. The number of benzene rings is 2. The summed E-state index contributed by atoms with van der Waals surface area (Å²) >= 11 is 9.22. The Kier molecular flexibility index (Phi) is 8.64. The van der Waals surface area contributed by atoms with Crippen LogP contribution in [0.1, 0.15) is 48.5 Å². The van der Waals surface area contributed by atoms with Crippen LogP contribution in [0.5, 0.6) is 5.75 Å². The molecular formula is C33H31ClFN3O7S2. The zero-order chi connectivity index (χ0) is 33.0. The average molecular weight is 700 g/mol. The average Bonchev–Trinajstić information content (AvgIpc) is 3.77. The zero-order valence-corrected chi connectivity index (χ0v) is 27.3. The van der Waals surface area contributed by atoms with E-state index in [2.05, 4.69) is 10.3 Å². The lowest BCUT2D eigenvalue weighted by Crippen LogP contribution is -2.42. The zero-order valence-electron chi connectivity index (χ0n) is 24.9. The van der Waals surface area contributed by atoms with Crippen molar-refractivity contribution >= 4 is 64.1 Å². The number of rotatable bonds is 11. The number of anilines is 1. The highest BCUT2D eigenvalue weighted by molar-refractivity contribution is 8.00. The number of aliphatic carboxylic acids is 1. The van der Waals surface area contributed by atoms with Gasteiger partial charge in [-0.3, -0.25) is 28.9 Å². The molecule has 3 heterocycles. The molecular weight excluding hydrogens is 669 g/mol. The van der Waals surface area contributed by atoms with Crippen LogP contribution in [-0.2, 0) is 19.2 Å². The molecule has 14 heteroatoms. The second-order valence-corrected chi connectivity index (χ2v) is 15.2. The summed E-state index contributed by atoms with van der Waals surface area (Å²) in [5.41, 5.74) is 1.13. The van der Waals surface area contributed by atoms with Crippen LogP contribution in [0.4, 0.5) is 10.1 Å². The third kappa shape index (κ3) is 5.86. The molecule has 6 unspecified atom stereocenters. The topological polar surface area (TPSA) is 146 Å². The van der Waals surface area contributed by atoms with Crippen molar-refractivity contribution in [1.82, 2.24) is 9.88 Å². The van der Waals surface area contributed by atoms with Crippen LogP contribution in [-0.4, -0.2) is 57.1 Å². The first-order valence-corrected chi connectivity index (χ1v) is 17.6. The molecule has 3 aromatic rings. The van der Waals surface area contributed by atoms with Gasteiger partial charge in [0, 0.05) is 45.3 Å². The normalized spacial score (nSPS) is 27.0. The highest BCUT2D eigenvalue weighted by Crippen LogP contribution is 2.69. The molecule has 2 aliphatic heterocycles. The van der Waals surface area contributed by atoms with Gasteiger partial charge in [0.25, 0.3) is 5.91 Å². The third-order valence-electron chi connectivity index (χ3n) is 9.88. The second kappa shape index (κ2) is 12.7. The highest BCUT2D eigenvalue weighted by atomic mass is 35.5. The SMILES string of the molecule is O=C(O)CCCCCN1C(=O)C2C3CC(C2C1=O)C1C3Sc2[nH]c(=O)sc2[C@@H]1c1cc(Cl)ccc1OCC(=O)Nc1ccc(F)cc1. The Bertz CT molecular complexity index is 1810. The summed E-state index contributed by atoms with van der Waals surface area (Å²) in [6, 6.07) is 10.5. The fourth-order valence-corrected chi connectivity index (χ4v) is 11.2. The minimum absolute atomic E-state index is 0.0372. The molecule has 1 saturated heterocycles.